The summed E-state index contributed by atoms with van der Waals surface area (Å²) >= 11 is 0. The Morgan fingerprint density at radius 3 is 2.70 bits per heavy atom. The predicted octanol–water partition coefficient (Wildman–Crippen LogP) is 2.66. The smallest absolute Gasteiger partial charge is 0.339 e. The summed E-state index contributed by atoms with van der Waals surface area (Å²) in [5.74, 6) is -0.266. The van der Waals surface area contributed by atoms with Gasteiger partial charge < -0.3 is 20.2 Å². The molecule has 1 unspecified atom stereocenters. The molecule has 2 amide bonds. The van der Waals surface area contributed by atoms with E-state index in [4.69, 9.17) is 9.52 Å². The number of aromatic carboxylic acids is 1. The summed E-state index contributed by atoms with van der Waals surface area (Å²) in [6.07, 6.45) is 3.10. The molecule has 1 aromatic rings. The summed E-state index contributed by atoms with van der Waals surface area (Å²) in [6.45, 7) is 5.81. The monoisotopic (exact) mass is 282 g/mol. The quantitative estimate of drug-likeness (QED) is 0.717. The van der Waals surface area contributed by atoms with Crippen LogP contribution in [0.2, 0.25) is 0 Å². The molecule has 0 saturated heterocycles. The van der Waals surface area contributed by atoms with Crippen LogP contribution in [0.5, 0.6) is 0 Å². The molecule has 0 aliphatic heterocycles. The van der Waals surface area contributed by atoms with E-state index in [2.05, 4.69) is 17.6 Å². The van der Waals surface area contributed by atoms with Crippen LogP contribution in [0.3, 0.4) is 0 Å². The third kappa shape index (κ3) is 4.95. The minimum atomic E-state index is -1.03. The summed E-state index contributed by atoms with van der Waals surface area (Å²) in [6, 6.07) is 1.26. The molecule has 20 heavy (non-hydrogen) atoms. The molecular weight excluding hydrogens is 260 g/mol. The molecule has 1 heterocycles. The molecule has 3 N–H and O–H groups in total. The first kappa shape index (κ1) is 16.1. The topological polar surface area (TPSA) is 91.6 Å². The highest BCUT2D eigenvalue weighted by Crippen LogP contribution is 2.14. The van der Waals surface area contributed by atoms with E-state index < -0.39 is 5.97 Å². The predicted molar refractivity (Wildman–Crippen MR) is 74.8 cm³/mol. The van der Waals surface area contributed by atoms with E-state index in [1.165, 1.54) is 6.07 Å². The van der Waals surface area contributed by atoms with Crippen molar-refractivity contribution in [1.29, 1.82) is 0 Å². The number of rotatable bonds is 7. The van der Waals surface area contributed by atoms with Gasteiger partial charge in [0.05, 0.1) is 6.54 Å². The molecule has 0 aliphatic rings. The van der Waals surface area contributed by atoms with Crippen molar-refractivity contribution < 1.29 is 19.1 Å². The molecule has 112 valence electrons. The van der Waals surface area contributed by atoms with Crippen LogP contribution in [-0.4, -0.2) is 23.1 Å². The Balaban J connectivity index is 2.41. The van der Waals surface area contributed by atoms with Crippen LogP contribution in [0.4, 0.5) is 4.79 Å². The van der Waals surface area contributed by atoms with Gasteiger partial charge in [-0.25, -0.2) is 9.59 Å². The largest absolute Gasteiger partial charge is 0.478 e. The number of carbonyl (C=O) groups is 2. The zero-order valence-corrected chi connectivity index (χ0v) is 12.2. The normalized spacial score (nSPS) is 11.9. The summed E-state index contributed by atoms with van der Waals surface area (Å²) in [5, 5.41) is 14.4. The highest BCUT2D eigenvalue weighted by Gasteiger charge is 2.14. The number of nitrogens with one attached hydrogen (secondary N) is 2. The lowest BCUT2D eigenvalue weighted by molar-refractivity contribution is 0.0695. The molecule has 0 bridgehead atoms. The van der Waals surface area contributed by atoms with Crippen LogP contribution < -0.4 is 10.6 Å². The van der Waals surface area contributed by atoms with Crippen LogP contribution in [0.25, 0.3) is 0 Å². The minimum Gasteiger partial charge on any atom is -0.478 e. The van der Waals surface area contributed by atoms with Crippen LogP contribution in [-0.2, 0) is 6.54 Å². The maximum Gasteiger partial charge on any atom is 0.339 e. The van der Waals surface area contributed by atoms with Gasteiger partial charge in [0.1, 0.15) is 17.1 Å². The molecule has 0 aromatic carbocycles. The molecule has 1 aromatic heterocycles. The van der Waals surface area contributed by atoms with Crippen molar-refractivity contribution in [3.63, 3.8) is 0 Å². The van der Waals surface area contributed by atoms with E-state index >= 15 is 0 Å². The molecule has 0 aliphatic carbocycles. The Labute approximate surface area is 118 Å². The lowest BCUT2D eigenvalue weighted by atomic mass is 10.1. The average Bonchev–Trinajstić information content (AvgIpc) is 2.75. The molecule has 6 heteroatoms. The number of aryl methyl sites for hydroxylation is 1. The van der Waals surface area contributed by atoms with Crippen LogP contribution >= 0.6 is 0 Å². The Bertz CT molecular complexity index is 468. The van der Waals surface area contributed by atoms with Gasteiger partial charge in [0, 0.05) is 6.04 Å². The van der Waals surface area contributed by atoms with Crippen LogP contribution in [0.15, 0.2) is 10.5 Å². The van der Waals surface area contributed by atoms with Crippen molar-refractivity contribution in [2.45, 2.75) is 52.6 Å². The van der Waals surface area contributed by atoms with Gasteiger partial charge in [0.25, 0.3) is 0 Å². The zero-order valence-electron chi connectivity index (χ0n) is 12.2. The Kier molecular flexibility index (Phi) is 6.09. The van der Waals surface area contributed by atoms with Gasteiger partial charge in [-0.3, -0.25) is 0 Å². The number of carbonyl (C=O) groups excluding carboxylic acids is 1. The number of hydrogen-bond acceptors (Lipinski definition) is 3. The van der Waals surface area contributed by atoms with E-state index in [0.717, 1.165) is 19.3 Å². The van der Waals surface area contributed by atoms with Crippen molar-refractivity contribution in [3.05, 3.63) is 23.2 Å². The molecule has 1 rings (SSSR count). The average molecular weight is 282 g/mol. The summed E-state index contributed by atoms with van der Waals surface area (Å²) in [7, 11) is 0. The molecule has 1 atom stereocenters. The van der Waals surface area contributed by atoms with Gasteiger partial charge in [0.2, 0.25) is 0 Å². The van der Waals surface area contributed by atoms with Crippen molar-refractivity contribution in [2.24, 2.45) is 0 Å². The third-order valence-electron chi connectivity index (χ3n) is 2.99. The Morgan fingerprint density at radius 2 is 2.15 bits per heavy atom. The molecule has 0 fully saturated rings. The lowest BCUT2D eigenvalue weighted by Gasteiger charge is -2.13. The number of carboxylic acid groups (broad SMARTS) is 1. The second-order valence-corrected chi connectivity index (χ2v) is 4.86. The second kappa shape index (κ2) is 7.57. The number of furan rings is 1. The Morgan fingerprint density at radius 1 is 1.45 bits per heavy atom. The maximum atomic E-state index is 11.6. The summed E-state index contributed by atoms with van der Waals surface area (Å²) < 4.78 is 5.27. The first-order chi connectivity index (χ1) is 9.43. The number of carboxylic acids is 1. The second-order valence-electron chi connectivity index (χ2n) is 4.86. The fourth-order valence-electron chi connectivity index (χ4n) is 1.87. The number of amides is 2. The van der Waals surface area contributed by atoms with E-state index in [9.17, 15) is 9.59 Å². The first-order valence-electron chi connectivity index (χ1n) is 6.81. The maximum absolute atomic E-state index is 11.6. The van der Waals surface area contributed by atoms with E-state index in [1.807, 2.05) is 6.92 Å². The molecule has 6 nitrogen and oxygen atoms in total. The summed E-state index contributed by atoms with van der Waals surface area (Å²) in [5.41, 5.74) is 0.124. The van der Waals surface area contributed by atoms with Crippen LogP contribution in [0, 0.1) is 6.92 Å². The fraction of sp³-hybridized carbons (Fsp3) is 0.571. The van der Waals surface area contributed by atoms with Gasteiger partial charge in [-0.15, -0.1) is 0 Å². The fourth-order valence-corrected chi connectivity index (χ4v) is 1.87. The third-order valence-corrected chi connectivity index (χ3v) is 2.99. The van der Waals surface area contributed by atoms with E-state index in [0.29, 0.717) is 11.5 Å². The molecular formula is C14H22N2O4. The van der Waals surface area contributed by atoms with Gasteiger partial charge in [-0.05, 0) is 26.3 Å². The highest BCUT2D eigenvalue weighted by molar-refractivity contribution is 5.88. The summed E-state index contributed by atoms with van der Waals surface area (Å²) in [4.78, 5) is 22.5. The molecule has 0 saturated carbocycles. The number of unbranched alkanes of at least 4 members (excludes halogenated alkanes) is 1. The van der Waals surface area contributed by atoms with Crippen molar-refractivity contribution in [1.82, 2.24) is 10.6 Å². The van der Waals surface area contributed by atoms with Crippen molar-refractivity contribution in [2.75, 3.05) is 0 Å². The van der Waals surface area contributed by atoms with Crippen molar-refractivity contribution in [3.8, 4) is 0 Å². The van der Waals surface area contributed by atoms with E-state index in [1.54, 1.807) is 6.92 Å². The SMILES string of the molecule is CCCCC(C)NC(=O)NCc1cc(C(=O)O)c(C)o1. The molecule has 0 radical (unpaired) electrons. The standard InChI is InChI=1S/C14H22N2O4/c1-4-5-6-9(2)16-14(19)15-8-11-7-12(13(17)18)10(3)20-11/h7,9H,4-6,8H2,1-3H3,(H,17,18)(H2,15,16,19). The first-order valence-corrected chi connectivity index (χ1v) is 6.81. The zero-order chi connectivity index (χ0) is 15.1. The Hall–Kier alpha value is -1.98. The number of hydrogen-bond donors (Lipinski definition) is 3. The highest BCUT2D eigenvalue weighted by atomic mass is 16.4. The van der Waals surface area contributed by atoms with Gasteiger partial charge in [-0.1, -0.05) is 19.8 Å². The van der Waals surface area contributed by atoms with Crippen LogP contribution in [0.1, 0.15) is 55.0 Å². The van der Waals surface area contributed by atoms with Gasteiger partial charge in [-0.2, -0.15) is 0 Å². The molecule has 0 spiro atoms. The van der Waals surface area contributed by atoms with E-state index in [-0.39, 0.29) is 24.2 Å². The van der Waals surface area contributed by atoms with Gasteiger partial charge >= 0.3 is 12.0 Å². The van der Waals surface area contributed by atoms with Gasteiger partial charge in [0.15, 0.2) is 0 Å². The lowest BCUT2D eigenvalue weighted by Crippen LogP contribution is -2.40. The van der Waals surface area contributed by atoms with Crippen molar-refractivity contribution >= 4 is 12.0 Å². The number of urea groups is 1. The minimum absolute atomic E-state index is 0.114.